The summed E-state index contributed by atoms with van der Waals surface area (Å²) in [4.78, 5) is -0.912. The second-order valence-corrected chi connectivity index (χ2v) is 6.60. The van der Waals surface area contributed by atoms with E-state index < -0.39 is 30.0 Å². The first-order valence-corrected chi connectivity index (χ1v) is 7.83. The van der Waals surface area contributed by atoms with Crippen LogP contribution in [0.5, 0.6) is 0 Å². The van der Waals surface area contributed by atoms with Crippen molar-refractivity contribution in [1.82, 2.24) is 0 Å². The van der Waals surface area contributed by atoms with Crippen molar-refractivity contribution in [2.24, 2.45) is 0 Å². The van der Waals surface area contributed by atoms with E-state index in [1.165, 1.54) is 24.3 Å². The maximum atomic E-state index is 11.3. The third-order valence-electron chi connectivity index (χ3n) is 2.59. The van der Waals surface area contributed by atoms with Gasteiger partial charge in [0.1, 0.15) is 10.6 Å². The SMILES string of the molecule is [NH3+]c1ccc2c(S(=O)(=O)O)cccc2c1S(=O)(=O)O. The van der Waals surface area contributed by atoms with Crippen molar-refractivity contribution in [3.8, 4) is 0 Å². The van der Waals surface area contributed by atoms with Crippen LogP contribution < -0.4 is 5.73 Å². The predicted molar refractivity (Wildman–Crippen MR) is 66.1 cm³/mol. The Bertz CT molecular complexity index is 870. The average molecular weight is 304 g/mol. The summed E-state index contributed by atoms with van der Waals surface area (Å²) < 4.78 is 63.4. The fourth-order valence-electron chi connectivity index (χ4n) is 1.88. The fourth-order valence-corrected chi connectivity index (χ4v) is 3.44. The van der Waals surface area contributed by atoms with Gasteiger partial charge in [-0.05, 0) is 12.1 Å². The van der Waals surface area contributed by atoms with Crippen molar-refractivity contribution in [2.75, 3.05) is 0 Å². The highest BCUT2D eigenvalue weighted by Gasteiger charge is 2.23. The van der Waals surface area contributed by atoms with Crippen LogP contribution in [0, 0.1) is 0 Å². The Morgan fingerprint density at radius 2 is 1.47 bits per heavy atom. The van der Waals surface area contributed by atoms with Gasteiger partial charge in [0.2, 0.25) is 0 Å². The van der Waals surface area contributed by atoms with Crippen molar-refractivity contribution in [3.05, 3.63) is 30.3 Å². The number of hydrogen-bond donors (Lipinski definition) is 3. The Labute approximate surface area is 109 Å². The van der Waals surface area contributed by atoms with Crippen molar-refractivity contribution in [3.63, 3.8) is 0 Å². The average Bonchev–Trinajstić information content (AvgIpc) is 2.24. The van der Waals surface area contributed by atoms with E-state index in [2.05, 4.69) is 5.73 Å². The molecule has 0 amide bonds. The highest BCUT2D eigenvalue weighted by Crippen LogP contribution is 2.31. The zero-order chi connectivity index (χ0) is 14.4. The molecule has 0 saturated heterocycles. The summed E-state index contributed by atoms with van der Waals surface area (Å²) in [7, 11) is -9.06. The highest BCUT2D eigenvalue weighted by molar-refractivity contribution is 7.86. The molecular formula is C10H10NO6S2+. The number of benzene rings is 2. The number of quaternary nitrogens is 1. The van der Waals surface area contributed by atoms with Crippen LogP contribution in [0.15, 0.2) is 40.1 Å². The van der Waals surface area contributed by atoms with Gasteiger partial charge in [0.05, 0.1) is 0 Å². The Morgan fingerprint density at radius 3 is 2.00 bits per heavy atom. The van der Waals surface area contributed by atoms with E-state index in [0.717, 1.165) is 6.07 Å². The normalized spacial score (nSPS) is 12.8. The molecule has 0 aliphatic heterocycles. The van der Waals surface area contributed by atoms with Gasteiger partial charge in [-0.1, -0.05) is 12.1 Å². The number of rotatable bonds is 2. The second kappa shape index (κ2) is 4.25. The molecule has 19 heavy (non-hydrogen) atoms. The molecule has 2 aromatic carbocycles. The van der Waals surface area contributed by atoms with Crippen molar-refractivity contribution >= 4 is 36.7 Å². The zero-order valence-electron chi connectivity index (χ0n) is 9.44. The Kier molecular flexibility index (Phi) is 3.11. The quantitative estimate of drug-likeness (QED) is 0.678. The zero-order valence-corrected chi connectivity index (χ0v) is 11.1. The van der Waals surface area contributed by atoms with Gasteiger partial charge < -0.3 is 5.73 Å². The fraction of sp³-hybridized carbons (Fsp3) is 0. The van der Waals surface area contributed by atoms with E-state index in [-0.39, 0.29) is 16.5 Å². The second-order valence-electron chi connectivity index (χ2n) is 3.86. The van der Waals surface area contributed by atoms with Gasteiger partial charge in [-0.15, -0.1) is 0 Å². The van der Waals surface area contributed by atoms with Crippen LogP contribution in [0.4, 0.5) is 5.69 Å². The lowest BCUT2D eigenvalue weighted by molar-refractivity contribution is -0.258. The lowest BCUT2D eigenvalue weighted by Crippen LogP contribution is -2.41. The van der Waals surface area contributed by atoms with Gasteiger partial charge in [-0.3, -0.25) is 9.11 Å². The van der Waals surface area contributed by atoms with Crippen LogP contribution in [-0.4, -0.2) is 25.9 Å². The molecule has 0 spiro atoms. The van der Waals surface area contributed by atoms with Crippen molar-refractivity contribution in [1.29, 1.82) is 0 Å². The maximum Gasteiger partial charge on any atom is 0.301 e. The molecular weight excluding hydrogens is 294 g/mol. The molecule has 0 heterocycles. The van der Waals surface area contributed by atoms with Gasteiger partial charge >= 0.3 is 10.1 Å². The Morgan fingerprint density at radius 1 is 0.842 bits per heavy atom. The molecule has 0 aromatic heterocycles. The number of hydrogen-bond acceptors (Lipinski definition) is 4. The first-order chi connectivity index (χ1) is 8.62. The minimum atomic E-state index is -4.56. The van der Waals surface area contributed by atoms with Gasteiger partial charge in [0.15, 0.2) is 4.90 Å². The van der Waals surface area contributed by atoms with Crippen LogP contribution in [0.1, 0.15) is 0 Å². The van der Waals surface area contributed by atoms with Gasteiger partial charge in [-0.2, -0.15) is 16.8 Å². The first-order valence-electron chi connectivity index (χ1n) is 4.95. The largest absolute Gasteiger partial charge is 0.324 e. The lowest BCUT2D eigenvalue weighted by atomic mass is 10.1. The molecule has 7 nitrogen and oxygen atoms in total. The topological polar surface area (TPSA) is 136 Å². The van der Waals surface area contributed by atoms with Crippen LogP contribution in [0.25, 0.3) is 10.8 Å². The molecule has 0 aliphatic carbocycles. The smallest absolute Gasteiger partial charge is 0.301 e. The molecule has 0 atom stereocenters. The van der Waals surface area contributed by atoms with E-state index in [9.17, 15) is 21.4 Å². The van der Waals surface area contributed by atoms with Crippen molar-refractivity contribution in [2.45, 2.75) is 9.79 Å². The van der Waals surface area contributed by atoms with Crippen LogP contribution in [0.3, 0.4) is 0 Å². The summed E-state index contributed by atoms with van der Waals surface area (Å²) in [6.45, 7) is 0. The third kappa shape index (κ3) is 2.46. The molecule has 0 radical (unpaired) electrons. The standard InChI is InChI=1S/C10H9NO6S2/c11-8-5-4-6-7(10(8)19(15,16)17)2-1-3-9(6)18(12,13)14/h1-5H,11H2,(H,12,13,14)(H,15,16,17)/p+1. The minimum Gasteiger partial charge on any atom is -0.324 e. The third-order valence-corrected chi connectivity index (χ3v) is 4.50. The van der Waals surface area contributed by atoms with Gasteiger partial charge in [0.25, 0.3) is 10.1 Å². The molecule has 0 saturated carbocycles. The Balaban J connectivity index is 3.07. The summed E-state index contributed by atoms with van der Waals surface area (Å²) in [5.74, 6) is 0. The van der Waals surface area contributed by atoms with E-state index in [4.69, 9.17) is 4.55 Å². The van der Waals surface area contributed by atoms with E-state index in [0.29, 0.717) is 0 Å². The molecule has 2 rings (SSSR count). The van der Waals surface area contributed by atoms with Crippen molar-refractivity contribution < 1.29 is 31.7 Å². The van der Waals surface area contributed by atoms with E-state index in [1.807, 2.05) is 0 Å². The molecule has 5 N–H and O–H groups in total. The van der Waals surface area contributed by atoms with Crippen LogP contribution in [0.2, 0.25) is 0 Å². The molecule has 0 bridgehead atoms. The molecule has 0 fully saturated rings. The first kappa shape index (κ1) is 13.9. The summed E-state index contributed by atoms with van der Waals surface area (Å²) >= 11 is 0. The molecule has 102 valence electrons. The monoisotopic (exact) mass is 304 g/mol. The predicted octanol–water partition coefficient (Wildman–Crippen LogP) is 0.207. The molecule has 2 aromatic rings. The molecule has 0 unspecified atom stereocenters. The highest BCUT2D eigenvalue weighted by atomic mass is 32.2. The van der Waals surface area contributed by atoms with Gasteiger partial charge in [0, 0.05) is 16.8 Å². The summed E-state index contributed by atoms with van der Waals surface area (Å²) in [5.41, 5.74) is 3.51. The van der Waals surface area contributed by atoms with E-state index in [1.54, 1.807) is 0 Å². The van der Waals surface area contributed by atoms with E-state index >= 15 is 0 Å². The minimum absolute atomic E-state index is 0.00924. The van der Waals surface area contributed by atoms with Crippen LogP contribution in [-0.2, 0) is 20.2 Å². The summed E-state index contributed by atoms with van der Waals surface area (Å²) in [6.07, 6.45) is 0. The van der Waals surface area contributed by atoms with Gasteiger partial charge in [-0.25, -0.2) is 0 Å². The molecule has 0 aliphatic rings. The Hall–Kier alpha value is -1.52. The number of fused-ring (bicyclic) bond motifs is 1. The lowest BCUT2D eigenvalue weighted by Gasteiger charge is -2.07. The summed E-state index contributed by atoms with van der Waals surface area (Å²) in [5, 5.41) is -0.0323. The maximum absolute atomic E-state index is 11.3. The van der Waals surface area contributed by atoms with Crippen LogP contribution >= 0.6 is 0 Å². The molecule has 9 heteroatoms. The summed E-state index contributed by atoms with van der Waals surface area (Å²) in [6, 6.07) is 6.28.